The molecule has 0 aliphatic carbocycles. The maximum absolute atomic E-state index is 2.98. The first-order chi connectivity index (χ1) is 14.9. The summed E-state index contributed by atoms with van der Waals surface area (Å²) in [7, 11) is 2.47. The first kappa shape index (κ1) is 25.1. The maximum atomic E-state index is 2.98. The van der Waals surface area contributed by atoms with Gasteiger partial charge in [0.25, 0.3) is 0 Å². The summed E-state index contributed by atoms with van der Waals surface area (Å²) in [5, 5.41) is 3.01. The Morgan fingerprint density at radius 2 is 1.19 bits per heavy atom. The molecule has 0 saturated heterocycles. The van der Waals surface area contributed by atoms with E-state index in [9.17, 15) is 0 Å². The van der Waals surface area contributed by atoms with Gasteiger partial charge < -0.3 is 0 Å². The summed E-state index contributed by atoms with van der Waals surface area (Å²) in [6.07, 6.45) is 2.08. The van der Waals surface area contributed by atoms with Crippen LogP contribution in [0.4, 0.5) is 0 Å². The van der Waals surface area contributed by atoms with Crippen LogP contribution in [0.1, 0.15) is 74.9 Å². The standard InChI is InChI=1S/C30H40P2/c1-21-13-9-11-15-26(21)32(27-16-12-10-14-22(27)2)20-24-23(19-31)17-18-25(29(3,4)5)28(24)30(6,7)8/h9-18H,19-20,31H2,1-8H3. The van der Waals surface area contributed by atoms with Crippen molar-refractivity contribution < 1.29 is 0 Å². The number of benzene rings is 3. The van der Waals surface area contributed by atoms with Crippen molar-refractivity contribution in [2.24, 2.45) is 0 Å². The van der Waals surface area contributed by atoms with Crippen LogP contribution in [0.25, 0.3) is 0 Å². The Hall–Kier alpha value is -1.48. The zero-order valence-corrected chi connectivity index (χ0v) is 23.3. The maximum Gasteiger partial charge on any atom is 0.00135 e. The summed E-state index contributed by atoms with van der Waals surface area (Å²) in [4.78, 5) is 0. The molecule has 0 nitrogen and oxygen atoms in total. The van der Waals surface area contributed by atoms with E-state index in [1.807, 2.05) is 0 Å². The summed E-state index contributed by atoms with van der Waals surface area (Å²) in [5.41, 5.74) is 9.10. The normalized spacial score (nSPS) is 12.4. The second-order valence-corrected chi connectivity index (χ2v) is 13.5. The highest BCUT2D eigenvalue weighted by Crippen LogP contribution is 2.46. The Kier molecular flexibility index (Phi) is 7.70. The SMILES string of the molecule is Cc1ccccc1P(Cc1c(CP)ccc(C(C)(C)C)c1C(C)(C)C)c1ccccc1C. The summed E-state index contributed by atoms with van der Waals surface area (Å²) in [6.45, 7) is 18.8. The lowest BCUT2D eigenvalue weighted by molar-refractivity contribution is 0.526. The van der Waals surface area contributed by atoms with Crippen LogP contribution in [-0.2, 0) is 23.2 Å². The fourth-order valence-electron chi connectivity index (χ4n) is 4.74. The zero-order valence-electron chi connectivity index (χ0n) is 21.2. The van der Waals surface area contributed by atoms with Gasteiger partial charge in [0.2, 0.25) is 0 Å². The number of aryl methyl sites for hydroxylation is 2. The average Bonchev–Trinajstić information content (AvgIpc) is 2.71. The molecule has 0 fully saturated rings. The molecule has 0 amide bonds. The van der Waals surface area contributed by atoms with Crippen molar-refractivity contribution in [2.45, 2.75) is 78.5 Å². The molecule has 0 saturated carbocycles. The molecule has 3 aromatic rings. The van der Waals surface area contributed by atoms with Gasteiger partial charge in [0, 0.05) is 6.16 Å². The van der Waals surface area contributed by atoms with Crippen molar-refractivity contribution in [3.63, 3.8) is 0 Å². The minimum absolute atomic E-state index is 0.0895. The van der Waals surface area contributed by atoms with Crippen LogP contribution in [0.2, 0.25) is 0 Å². The molecule has 0 spiro atoms. The van der Waals surface area contributed by atoms with E-state index < -0.39 is 7.92 Å². The zero-order chi connectivity index (χ0) is 23.7. The van der Waals surface area contributed by atoms with E-state index in [0.717, 1.165) is 12.3 Å². The van der Waals surface area contributed by atoms with E-state index in [2.05, 4.69) is 125 Å². The number of hydrogen-bond donors (Lipinski definition) is 0. The van der Waals surface area contributed by atoms with Gasteiger partial charge in [-0.15, -0.1) is 9.24 Å². The summed E-state index contributed by atoms with van der Waals surface area (Å²) in [6, 6.07) is 22.8. The van der Waals surface area contributed by atoms with Crippen LogP contribution < -0.4 is 10.6 Å². The molecule has 3 rings (SSSR count). The van der Waals surface area contributed by atoms with Gasteiger partial charge in [0.1, 0.15) is 0 Å². The third-order valence-electron chi connectivity index (χ3n) is 6.32. The number of rotatable bonds is 5. The van der Waals surface area contributed by atoms with Gasteiger partial charge in [-0.05, 0) is 82.8 Å². The molecule has 3 aromatic carbocycles. The van der Waals surface area contributed by atoms with E-state index in [-0.39, 0.29) is 10.8 Å². The minimum atomic E-state index is -0.512. The van der Waals surface area contributed by atoms with Crippen LogP contribution in [-0.4, -0.2) is 0 Å². The van der Waals surface area contributed by atoms with Crippen molar-refractivity contribution in [1.29, 1.82) is 0 Å². The van der Waals surface area contributed by atoms with Crippen molar-refractivity contribution >= 4 is 27.8 Å². The van der Waals surface area contributed by atoms with Gasteiger partial charge in [0.15, 0.2) is 0 Å². The Morgan fingerprint density at radius 1 is 0.688 bits per heavy atom. The summed E-state index contributed by atoms with van der Waals surface area (Å²) >= 11 is 0. The monoisotopic (exact) mass is 462 g/mol. The Balaban J connectivity index is 2.31. The molecule has 0 bridgehead atoms. The predicted molar refractivity (Wildman–Crippen MR) is 150 cm³/mol. The Morgan fingerprint density at radius 3 is 1.59 bits per heavy atom. The van der Waals surface area contributed by atoms with Crippen molar-refractivity contribution in [1.82, 2.24) is 0 Å². The topological polar surface area (TPSA) is 0 Å². The Labute approximate surface area is 200 Å². The van der Waals surface area contributed by atoms with Gasteiger partial charge in [-0.1, -0.05) is 102 Å². The molecule has 32 heavy (non-hydrogen) atoms. The van der Waals surface area contributed by atoms with Crippen LogP contribution in [0.5, 0.6) is 0 Å². The highest BCUT2D eigenvalue weighted by Gasteiger charge is 2.30. The van der Waals surface area contributed by atoms with Gasteiger partial charge in [-0.2, -0.15) is 0 Å². The highest BCUT2D eigenvalue weighted by atomic mass is 31.1. The van der Waals surface area contributed by atoms with E-state index in [1.165, 1.54) is 32.9 Å². The van der Waals surface area contributed by atoms with Crippen molar-refractivity contribution in [2.75, 3.05) is 0 Å². The fourth-order valence-corrected chi connectivity index (χ4v) is 7.93. The average molecular weight is 463 g/mol. The molecule has 0 aliphatic rings. The lowest BCUT2D eigenvalue weighted by Crippen LogP contribution is -2.26. The van der Waals surface area contributed by atoms with Crippen molar-refractivity contribution in [3.8, 4) is 0 Å². The molecule has 0 radical (unpaired) electrons. The van der Waals surface area contributed by atoms with E-state index in [4.69, 9.17) is 0 Å². The fraction of sp³-hybridized carbons (Fsp3) is 0.400. The van der Waals surface area contributed by atoms with E-state index >= 15 is 0 Å². The second-order valence-electron chi connectivity index (χ2n) is 11.0. The first-order valence-corrected chi connectivity index (χ1v) is 14.0. The van der Waals surface area contributed by atoms with E-state index in [0.29, 0.717) is 0 Å². The molecule has 2 heteroatoms. The smallest absolute Gasteiger partial charge is 0.00135 e. The molecule has 0 N–H and O–H groups in total. The van der Waals surface area contributed by atoms with Crippen LogP contribution in [0, 0.1) is 13.8 Å². The van der Waals surface area contributed by atoms with E-state index in [1.54, 1.807) is 11.1 Å². The second kappa shape index (κ2) is 9.79. The quantitative estimate of drug-likeness (QED) is 0.338. The Bertz CT molecular complexity index is 1040. The third kappa shape index (κ3) is 5.35. The van der Waals surface area contributed by atoms with Gasteiger partial charge in [-0.25, -0.2) is 0 Å². The van der Waals surface area contributed by atoms with Crippen LogP contribution in [0.15, 0.2) is 60.7 Å². The van der Waals surface area contributed by atoms with Gasteiger partial charge in [0.05, 0.1) is 0 Å². The highest BCUT2D eigenvalue weighted by molar-refractivity contribution is 7.72. The molecule has 0 aliphatic heterocycles. The number of hydrogen-bond acceptors (Lipinski definition) is 0. The van der Waals surface area contributed by atoms with Crippen molar-refractivity contribution in [3.05, 3.63) is 94.0 Å². The molecule has 170 valence electrons. The summed E-state index contributed by atoms with van der Waals surface area (Å²) in [5.74, 6) is 0. The van der Waals surface area contributed by atoms with Crippen LogP contribution in [0.3, 0.4) is 0 Å². The lowest BCUT2D eigenvalue weighted by Gasteiger charge is -2.35. The largest absolute Gasteiger partial charge is 0.133 e. The molecule has 0 heterocycles. The first-order valence-electron chi connectivity index (χ1n) is 11.7. The molecule has 0 aromatic heterocycles. The van der Waals surface area contributed by atoms with Gasteiger partial charge in [-0.3, -0.25) is 0 Å². The predicted octanol–water partition coefficient (Wildman–Crippen LogP) is 7.91. The third-order valence-corrected chi connectivity index (χ3v) is 9.56. The molecular weight excluding hydrogens is 422 g/mol. The minimum Gasteiger partial charge on any atom is -0.133 e. The molecular formula is C30H40P2. The molecule has 1 atom stereocenters. The van der Waals surface area contributed by atoms with Gasteiger partial charge >= 0.3 is 0 Å². The lowest BCUT2D eigenvalue weighted by atomic mass is 9.72. The molecule has 1 unspecified atom stereocenters. The summed E-state index contributed by atoms with van der Waals surface area (Å²) < 4.78 is 0. The van der Waals surface area contributed by atoms with Crippen LogP contribution >= 0.6 is 17.2 Å².